The summed E-state index contributed by atoms with van der Waals surface area (Å²) in [6.45, 7) is 1.72. The molecule has 82 valence electrons. The molecule has 1 aliphatic rings. The molecule has 2 rings (SSSR count). The van der Waals surface area contributed by atoms with Crippen molar-refractivity contribution in [2.45, 2.75) is 32.4 Å². The second-order valence-corrected chi connectivity index (χ2v) is 3.71. The van der Waals surface area contributed by atoms with Crippen molar-refractivity contribution >= 4 is 5.91 Å². The zero-order valence-electron chi connectivity index (χ0n) is 8.57. The van der Waals surface area contributed by atoms with Crippen molar-refractivity contribution in [1.82, 2.24) is 20.1 Å². The molecule has 1 amide bonds. The van der Waals surface area contributed by atoms with Crippen LogP contribution >= 0.6 is 0 Å². The fourth-order valence-corrected chi connectivity index (χ4v) is 1.80. The van der Waals surface area contributed by atoms with Crippen LogP contribution in [0, 0.1) is 0 Å². The van der Waals surface area contributed by atoms with Crippen LogP contribution in [0.5, 0.6) is 0 Å². The number of nitrogens with one attached hydrogen (secondary N) is 1. The Labute approximate surface area is 87.9 Å². The number of nitrogens with zero attached hydrogens (tertiary/aromatic N) is 3. The molecule has 0 atom stereocenters. The van der Waals surface area contributed by atoms with Gasteiger partial charge in [-0.15, -0.1) is 10.2 Å². The van der Waals surface area contributed by atoms with E-state index in [4.69, 9.17) is 5.73 Å². The molecule has 1 aliphatic heterocycles. The fraction of sp³-hybridized carbons (Fsp3) is 0.667. The Kier molecular flexibility index (Phi) is 2.96. The zero-order valence-corrected chi connectivity index (χ0v) is 8.57. The molecular formula is C9H15N5O. The van der Waals surface area contributed by atoms with E-state index in [9.17, 15) is 4.79 Å². The maximum Gasteiger partial charge on any atom is 0.231 e. The Hall–Kier alpha value is -1.43. The molecule has 0 unspecified atom stereocenters. The van der Waals surface area contributed by atoms with Gasteiger partial charge in [-0.1, -0.05) is 0 Å². The first-order chi connectivity index (χ1) is 7.27. The van der Waals surface area contributed by atoms with Gasteiger partial charge in [0.1, 0.15) is 11.6 Å². The highest BCUT2D eigenvalue weighted by molar-refractivity contribution is 5.75. The molecule has 0 radical (unpaired) electrons. The highest BCUT2D eigenvalue weighted by atomic mass is 16.1. The minimum Gasteiger partial charge on any atom is -0.369 e. The minimum atomic E-state index is -0.353. The van der Waals surface area contributed by atoms with Crippen molar-refractivity contribution in [2.24, 2.45) is 5.73 Å². The number of hydrogen-bond acceptors (Lipinski definition) is 4. The number of hydrogen-bond donors (Lipinski definition) is 2. The summed E-state index contributed by atoms with van der Waals surface area (Å²) in [7, 11) is 0. The van der Waals surface area contributed by atoms with Gasteiger partial charge in [-0.3, -0.25) is 4.79 Å². The molecule has 3 N–H and O–H groups in total. The summed E-state index contributed by atoms with van der Waals surface area (Å²) in [5.74, 6) is 1.59. The van der Waals surface area contributed by atoms with Gasteiger partial charge in [0.25, 0.3) is 0 Å². The summed E-state index contributed by atoms with van der Waals surface area (Å²) in [5, 5.41) is 11.1. The van der Waals surface area contributed by atoms with Gasteiger partial charge in [0.2, 0.25) is 5.91 Å². The molecule has 1 aromatic rings. The predicted molar refractivity (Wildman–Crippen MR) is 53.9 cm³/mol. The van der Waals surface area contributed by atoms with Gasteiger partial charge in [0, 0.05) is 13.0 Å². The van der Waals surface area contributed by atoms with Crippen molar-refractivity contribution in [3.8, 4) is 0 Å². The van der Waals surface area contributed by atoms with E-state index in [-0.39, 0.29) is 12.5 Å². The second kappa shape index (κ2) is 4.39. The average molecular weight is 209 g/mol. The van der Waals surface area contributed by atoms with Crippen LogP contribution in [0.1, 0.15) is 24.5 Å². The first kappa shape index (κ1) is 10.1. The first-order valence-electron chi connectivity index (χ1n) is 5.17. The number of rotatable bonds is 4. The van der Waals surface area contributed by atoms with Crippen LogP contribution in [0.3, 0.4) is 0 Å². The van der Waals surface area contributed by atoms with E-state index in [1.54, 1.807) is 0 Å². The molecule has 15 heavy (non-hydrogen) atoms. The Morgan fingerprint density at radius 1 is 1.47 bits per heavy atom. The van der Waals surface area contributed by atoms with Crippen LogP contribution in [0.15, 0.2) is 0 Å². The Morgan fingerprint density at radius 3 is 3.13 bits per heavy atom. The summed E-state index contributed by atoms with van der Waals surface area (Å²) < 4.78 is 2.12. The Bertz CT molecular complexity index is 359. The lowest BCUT2D eigenvalue weighted by molar-refractivity contribution is -0.117. The Morgan fingerprint density at radius 2 is 2.33 bits per heavy atom. The predicted octanol–water partition coefficient (Wildman–Crippen LogP) is -0.811. The summed E-state index contributed by atoms with van der Waals surface area (Å²) in [5.41, 5.74) is 5.03. The number of amides is 1. The topological polar surface area (TPSA) is 85.8 Å². The highest BCUT2D eigenvalue weighted by Gasteiger charge is 2.14. The summed E-state index contributed by atoms with van der Waals surface area (Å²) >= 11 is 0. The molecule has 6 heteroatoms. The maximum absolute atomic E-state index is 10.5. The van der Waals surface area contributed by atoms with Crippen LogP contribution < -0.4 is 11.1 Å². The van der Waals surface area contributed by atoms with E-state index < -0.39 is 0 Å². The largest absolute Gasteiger partial charge is 0.369 e. The number of nitrogens with two attached hydrogens (primary N) is 1. The van der Waals surface area contributed by atoms with Crippen molar-refractivity contribution in [2.75, 3.05) is 6.54 Å². The third kappa shape index (κ3) is 2.33. The quantitative estimate of drug-likeness (QED) is 0.679. The van der Waals surface area contributed by atoms with Crippen molar-refractivity contribution in [3.63, 3.8) is 0 Å². The van der Waals surface area contributed by atoms with E-state index in [0.717, 1.165) is 24.6 Å². The van der Waals surface area contributed by atoms with Crippen LogP contribution in [0.2, 0.25) is 0 Å². The molecule has 0 aromatic carbocycles. The number of fused-ring (bicyclic) bond motifs is 1. The normalized spacial score (nSPS) is 14.9. The fourth-order valence-electron chi connectivity index (χ4n) is 1.80. The van der Waals surface area contributed by atoms with Gasteiger partial charge in [-0.05, 0) is 12.8 Å². The molecule has 0 saturated heterocycles. The SMILES string of the molecule is NC(=O)CNCc1nnc2n1CCCC2. The number of primary amides is 1. The van der Waals surface area contributed by atoms with E-state index in [0.29, 0.717) is 6.54 Å². The van der Waals surface area contributed by atoms with Gasteiger partial charge < -0.3 is 15.6 Å². The molecule has 2 heterocycles. The standard InChI is InChI=1S/C9H15N5O/c10-7(15)5-11-6-9-13-12-8-3-1-2-4-14(8)9/h11H,1-6H2,(H2,10,15). The molecular weight excluding hydrogens is 194 g/mol. The van der Waals surface area contributed by atoms with E-state index in [1.807, 2.05) is 0 Å². The highest BCUT2D eigenvalue weighted by Crippen LogP contribution is 2.13. The van der Waals surface area contributed by atoms with Crippen LogP contribution in [-0.2, 0) is 24.3 Å². The van der Waals surface area contributed by atoms with Crippen molar-refractivity contribution < 1.29 is 4.79 Å². The molecule has 0 bridgehead atoms. The summed E-state index contributed by atoms with van der Waals surface area (Å²) in [4.78, 5) is 10.5. The summed E-state index contributed by atoms with van der Waals surface area (Å²) in [6, 6.07) is 0. The van der Waals surface area contributed by atoms with E-state index >= 15 is 0 Å². The molecule has 1 aromatic heterocycles. The lowest BCUT2D eigenvalue weighted by Crippen LogP contribution is -2.29. The monoisotopic (exact) mass is 209 g/mol. The minimum absolute atomic E-state index is 0.183. The van der Waals surface area contributed by atoms with Crippen molar-refractivity contribution in [3.05, 3.63) is 11.6 Å². The molecule has 6 nitrogen and oxygen atoms in total. The third-order valence-electron chi connectivity index (χ3n) is 2.52. The van der Waals surface area contributed by atoms with Gasteiger partial charge >= 0.3 is 0 Å². The van der Waals surface area contributed by atoms with Crippen molar-refractivity contribution in [1.29, 1.82) is 0 Å². The number of carbonyl (C=O) groups excluding carboxylic acids is 1. The lowest BCUT2D eigenvalue weighted by atomic mass is 10.2. The first-order valence-corrected chi connectivity index (χ1v) is 5.17. The number of carbonyl (C=O) groups is 1. The maximum atomic E-state index is 10.5. The van der Waals surface area contributed by atoms with Crippen LogP contribution in [0.25, 0.3) is 0 Å². The van der Waals surface area contributed by atoms with Gasteiger partial charge in [0.05, 0.1) is 13.1 Å². The van der Waals surface area contributed by atoms with E-state index in [2.05, 4.69) is 20.1 Å². The number of aromatic nitrogens is 3. The Balaban J connectivity index is 1.96. The molecule has 0 saturated carbocycles. The molecule has 0 spiro atoms. The zero-order chi connectivity index (χ0) is 10.7. The smallest absolute Gasteiger partial charge is 0.231 e. The van der Waals surface area contributed by atoms with Crippen LogP contribution in [0.4, 0.5) is 0 Å². The molecule has 0 fully saturated rings. The van der Waals surface area contributed by atoms with Gasteiger partial charge in [-0.2, -0.15) is 0 Å². The van der Waals surface area contributed by atoms with Crippen LogP contribution in [-0.4, -0.2) is 27.2 Å². The van der Waals surface area contributed by atoms with E-state index in [1.165, 1.54) is 12.8 Å². The number of aryl methyl sites for hydroxylation is 1. The summed E-state index contributed by atoms with van der Waals surface area (Å²) in [6.07, 6.45) is 3.36. The lowest BCUT2D eigenvalue weighted by Gasteiger charge is -2.14. The second-order valence-electron chi connectivity index (χ2n) is 3.71. The van der Waals surface area contributed by atoms with Gasteiger partial charge in [0.15, 0.2) is 0 Å². The van der Waals surface area contributed by atoms with Gasteiger partial charge in [-0.25, -0.2) is 0 Å². The average Bonchev–Trinajstić information content (AvgIpc) is 2.62. The molecule has 0 aliphatic carbocycles. The third-order valence-corrected chi connectivity index (χ3v) is 2.52.